The molecule has 5 heteroatoms. The molecule has 0 aliphatic carbocycles. The molecule has 0 aliphatic rings. The van der Waals surface area contributed by atoms with E-state index >= 15 is 0 Å². The largest absolute Gasteiger partial charge is 0.373 e. The molecule has 0 spiro atoms. The van der Waals surface area contributed by atoms with Crippen molar-refractivity contribution in [2.75, 3.05) is 12.4 Å². The van der Waals surface area contributed by atoms with Gasteiger partial charge < -0.3 is 5.32 Å². The number of aromatic nitrogens is 1. The maximum atomic E-state index is 13.5. The monoisotopic (exact) mass is 240 g/mol. The summed E-state index contributed by atoms with van der Waals surface area (Å²) in [5.41, 5.74) is 0.854. The molecule has 0 bridgehead atoms. The van der Waals surface area contributed by atoms with Crippen LogP contribution in [0, 0.1) is 17.5 Å². The topological polar surface area (TPSA) is 24.9 Å². The van der Waals surface area contributed by atoms with E-state index in [1.165, 1.54) is 6.07 Å². The van der Waals surface area contributed by atoms with Crippen molar-refractivity contribution in [2.24, 2.45) is 0 Å². The van der Waals surface area contributed by atoms with Gasteiger partial charge in [0.15, 0.2) is 17.5 Å². The molecule has 0 saturated carbocycles. The number of fused-ring (bicyclic) bond motifs is 1. The van der Waals surface area contributed by atoms with Crippen LogP contribution in [0.1, 0.15) is 12.5 Å². The Bertz CT molecular complexity index is 582. The SMILES string of the molecule is CCc1cc2c(F)c(F)c(F)cc2nc1NC. The molecule has 90 valence electrons. The summed E-state index contributed by atoms with van der Waals surface area (Å²) in [7, 11) is 1.67. The van der Waals surface area contributed by atoms with Gasteiger partial charge in [-0.05, 0) is 18.1 Å². The maximum absolute atomic E-state index is 13.5. The van der Waals surface area contributed by atoms with E-state index in [0.717, 1.165) is 11.6 Å². The number of pyridine rings is 1. The van der Waals surface area contributed by atoms with E-state index in [2.05, 4.69) is 10.3 Å². The molecule has 0 unspecified atom stereocenters. The Morgan fingerprint density at radius 1 is 1.18 bits per heavy atom. The minimum atomic E-state index is -1.46. The van der Waals surface area contributed by atoms with Crippen molar-refractivity contribution in [1.29, 1.82) is 0 Å². The summed E-state index contributed by atoms with van der Waals surface area (Å²) >= 11 is 0. The van der Waals surface area contributed by atoms with Crippen molar-refractivity contribution in [3.05, 3.63) is 35.1 Å². The summed E-state index contributed by atoms with van der Waals surface area (Å²) < 4.78 is 39.7. The smallest absolute Gasteiger partial charge is 0.195 e. The van der Waals surface area contributed by atoms with Crippen molar-refractivity contribution >= 4 is 16.7 Å². The first kappa shape index (κ1) is 11.7. The summed E-state index contributed by atoms with van der Waals surface area (Å²) in [4.78, 5) is 4.07. The van der Waals surface area contributed by atoms with Crippen molar-refractivity contribution in [3.63, 3.8) is 0 Å². The molecule has 2 aromatic rings. The van der Waals surface area contributed by atoms with E-state index < -0.39 is 17.5 Å². The van der Waals surface area contributed by atoms with Gasteiger partial charge in [0.05, 0.1) is 5.52 Å². The molecule has 2 nitrogen and oxygen atoms in total. The molecule has 0 fully saturated rings. The molecule has 2 rings (SSSR count). The number of benzene rings is 1. The van der Waals surface area contributed by atoms with Crippen LogP contribution in [0.4, 0.5) is 19.0 Å². The van der Waals surface area contributed by atoms with E-state index in [1.54, 1.807) is 7.05 Å². The van der Waals surface area contributed by atoms with Crippen LogP contribution < -0.4 is 5.32 Å². The summed E-state index contributed by atoms with van der Waals surface area (Å²) in [6, 6.07) is 2.39. The van der Waals surface area contributed by atoms with E-state index in [4.69, 9.17) is 0 Å². The van der Waals surface area contributed by atoms with E-state index in [0.29, 0.717) is 12.2 Å². The predicted molar refractivity (Wildman–Crippen MR) is 60.5 cm³/mol. The molecular weight excluding hydrogens is 229 g/mol. The fraction of sp³-hybridized carbons (Fsp3) is 0.250. The highest BCUT2D eigenvalue weighted by Crippen LogP contribution is 2.26. The molecule has 0 radical (unpaired) electrons. The number of rotatable bonds is 2. The van der Waals surface area contributed by atoms with E-state index in [-0.39, 0.29) is 10.9 Å². The van der Waals surface area contributed by atoms with Crippen molar-refractivity contribution in [2.45, 2.75) is 13.3 Å². The second kappa shape index (κ2) is 4.24. The van der Waals surface area contributed by atoms with Gasteiger partial charge >= 0.3 is 0 Å². The molecule has 1 N–H and O–H groups in total. The zero-order valence-corrected chi connectivity index (χ0v) is 9.44. The Labute approximate surface area is 96.5 Å². The van der Waals surface area contributed by atoms with Crippen molar-refractivity contribution < 1.29 is 13.2 Å². The highest BCUT2D eigenvalue weighted by molar-refractivity contribution is 5.82. The second-order valence-electron chi connectivity index (χ2n) is 3.65. The quantitative estimate of drug-likeness (QED) is 0.815. The van der Waals surface area contributed by atoms with Crippen LogP contribution in [0.25, 0.3) is 10.9 Å². The average molecular weight is 240 g/mol. The number of nitrogens with one attached hydrogen (secondary N) is 1. The molecule has 17 heavy (non-hydrogen) atoms. The lowest BCUT2D eigenvalue weighted by Crippen LogP contribution is -2.01. The van der Waals surface area contributed by atoms with Gasteiger partial charge in [-0.1, -0.05) is 6.92 Å². The fourth-order valence-corrected chi connectivity index (χ4v) is 1.75. The number of nitrogens with zero attached hydrogens (tertiary/aromatic N) is 1. The van der Waals surface area contributed by atoms with E-state index in [9.17, 15) is 13.2 Å². The highest BCUT2D eigenvalue weighted by Gasteiger charge is 2.16. The third kappa shape index (κ3) is 1.81. The number of aryl methyl sites for hydroxylation is 1. The number of halogens is 3. The molecular formula is C12H11F3N2. The van der Waals surface area contributed by atoms with Crippen LogP contribution in [-0.2, 0) is 6.42 Å². The number of hydrogen-bond acceptors (Lipinski definition) is 2. The van der Waals surface area contributed by atoms with Gasteiger partial charge in [-0.15, -0.1) is 0 Å². The zero-order valence-electron chi connectivity index (χ0n) is 9.44. The van der Waals surface area contributed by atoms with Gasteiger partial charge in [-0.2, -0.15) is 0 Å². The van der Waals surface area contributed by atoms with Gasteiger partial charge in [-0.25, -0.2) is 18.2 Å². The summed E-state index contributed by atoms with van der Waals surface area (Å²) in [6.07, 6.45) is 0.623. The lowest BCUT2D eigenvalue weighted by atomic mass is 10.1. The molecule has 0 aliphatic heterocycles. The minimum absolute atomic E-state index is 0.000231. The summed E-state index contributed by atoms with van der Waals surface area (Å²) in [5, 5.41) is 2.84. The van der Waals surface area contributed by atoms with Gasteiger partial charge in [-0.3, -0.25) is 0 Å². The third-order valence-corrected chi connectivity index (χ3v) is 2.65. The van der Waals surface area contributed by atoms with E-state index in [1.807, 2.05) is 6.92 Å². The zero-order chi connectivity index (χ0) is 12.6. The minimum Gasteiger partial charge on any atom is -0.373 e. The predicted octanol–water partition coefficient (Wildman–Crippen LogP) is 3.26. The van der Waals surface area contributed by atoms with Crippen molar-refractivity contribution in [3.8, 4) is 0 Å². The first-order valence-electron chi connectivity index (χ1n) is 5.23. The first-order chi connectivity index (χ1) is 8.08. The molecule has 0 saturated heterocycles. The average Bonchev–Trinajstić information content (AvgIpc) is 2.34. The van der Waals surface area contributed by atoms with Crippen LogP contribution in [0.2, 0.25) is 0 Å². The van der Waals surface area contributed by atoms with Crippen LogP contribution in [-0.4, -0.2) is 12.0 Å². The summed E-state index contributed by atoms with van der Waals surface area (Å²) in [5.74, 6) is -3.33. The van der Waals surface area contributed by atoms with Crippen molar-refractivity contribution in [1.82, 2.24) is 4.98 Å². The Hall–Kier alpha value is -1.78. The van der Waals surface area contributed by atoms with Gasteiger partial charge in [0.25, 0.3) is 0 Å². The first-order valence-corrected chi connectivity index (χ1v) is 5.23. The molecule has 1 aromatic heterocycles. The lowest BCUT2D eigenvalue weighted by molar-refractivity contribution is 0.453. The Morgan fingerprint density at radius 2 is 1.88 bits per heavy atom. The number of anilines is 1. The third-order valence-electron chi connectivity index (χ3n) is 2.65. The number of hydrogen-bond donors (Lipinski definition) is 1. The second-order valence-corrected chi connectivity index (χ2v) is 3.65. The van der Waals surface area contributed by atoms with Gasteiger partial charge in [0.2, 0.25) is 0 Å². The van der Waals surface area contributed by atoms with Crippen LogP contribution in [0.3, 0.4) is 0 Å². The van der Waals surface area contributed by atoms with Gasteiger partial charge in [0.1, 0.15) is 5.82 Å². The summed E-state index contributed by atoms with van der Waals surface area (Å²) in [6.45, 7) is 1.88. The maximum Gasteiger partial charge on any atom is 0.195 e. The fourth-order valence-electron chi connectivity index (χ4n) is 1.75. The molecule has 1 heterocycles. The van der Waals surface area contributed by atoms with Crippen LogP contribution in [0.15, 0.2) is 12.1 Å². The molecule has 1 aromatic carbocycles. The normalized spacial score (nSPS) is 10.9. The Balaban J connectivity index is 2.83. The Kier molecular flexibility index (Phi) is 2.92. The standard InChI is InChI=1S/C12H11F3N2/c1-3-6-4-7-9(17-12(6)16-2)5-8(13)11(15)10(7)14/h4-5H,3H2,1-2H3,(H,16,17). The highest BCUT2D eigenvalue weighted by atomic mass is 19.2. The Morgan fingerprint density at radius 3 is 2.47 bits per heavy atom. The van der Waals surface area contributed by atoms with Crippen LogP contribution >= 0.6 is 0 Å². The molecule has 0 amide bonds. The van der Waals surface area contributed by atoms with Crippen LogP contribution in [0.5, 0.6) is 0 Å². The van der Waals surface area contributed by atoms with Gasteiger partial charge in [0, 0.05) is 18.5 Å². The lowest BCUT2D eigenvalue weighted by Gasteiger charge is -2.09. The molecule has 0 atom stereocenters.